The Bertz CT molecular complexity index is 723. The van der Waals surface area contributed by atoms with Gasteiger partial charge in [0.2, 0.25) is 0 Å². The summed E-state index contributed by atoms with van der Waals surface area (Å²) >= 11 is 5.70. The maximum atomic E-state index is 12.5. The van der Waals surface area contributed by atoms with Gasteiger partial charge in [0.1, 0.15) is 5.69 Å². The number of amides is 1. The Hall–Kier alpha value is -2.35. The molecule has 1 amide bonds. The lowest BCUT2D eigenvalue weighted by Gasteiger charge is -2.10. The standard InChI is InChI=1S/C12H7ClF3N3O2/c13-7-5-6(12(14,15)16)1-2-8(7)17-11(21)9-3-4-10(20)19-18-9/h1-5H,(H,17,21)(H,19,20). The number of halogens is 4. The molecule has 2 aromatic rings. The summed E-state index contributed by atoms with van der Waals surface area (Å²) in [6, 6.07) is 4.80. The summed E-state index contributed by atoms with van der Waals surface area (Å²) in [7, 11) is 0. The fourth-order valence-electron chi connectivity index (χ4n) is 1.45. The third-order valence-corrected chi connectivity index (χ3v) is 2.77. The van der Waals surface area contributed by atoms with Crippen LogP contribution in [0.3, 0.4) is 0 Å². The summed E-state index contributed by atoms with van der Waals surface area (Å²) in [6.45, 7) is 0. The highest BCUT2D eigenvalue weighted by Gasteiger charge is 2.31. The zero-order valence-electron chi connectivity index (χ0n) is 10.2. The van der Waals surface area contributed by atoms with Crippen molar-refractivity contribution in [3.8, 4) is 0 Å². The van der Waals surface area contributed by atoms with Crippen molar-refractivity contribution in [1.29, 1.82) is 0 Å². The number of aromatic amines is 1. The van der Waals surface area contributed by atoms with Gasteiger partial charge in [-0.2, -0.15) is 18.3 Å². The predicted molar refractivity (Wildman–Crippen MR) is 69.3 cm³/mol. The molecule has 1 heterocycles. The van der Waals surface area contributed by atoms with Crippen LogP contribution in [0.2, 0.25) is 5.02 Å². The van der Waals surface area contributed by atoms with E-state index in [0.29, 0.717) is 6.07 Å². The lowest BCUT2D eigenvalue weighted by molar-refractivity contribution is -0.137. The average molecular weight is 318 g/mol. The van der Waals surface area contributed by atoms with Crippen LogP contribution in [0.1, 0.15) is 16.1 Å². The number of benzene rings is 1. The molecule has 0 radical (unpaired) electrons. The van der Waals surface area contributed by atoms with E-state index in [9.17, 15) is 22.8 Å². The maximum Gasteiger partial charge on any atom is 0.416 e. The molecule has 2 N–H and O–H groups in total. The molecular formula is C12H7ClF3N3O2. The second-order valence-corrected chi connectivity index (χ2v) is 4.36. The van der Waals surface area contributed by atoms with Gasteiger partial charge in [0, 0.05) is 6.07 Å². The molecule has 0 bridgehead atoms. The van der Waals surface area contributed by atoms with E-state index in [-0.39, 0.29) is 16.4 Å². The van der Waals surface area contributed by atoms with Crippen LogP contribution in [-0.2, 0) is 6.18 Å². The zero-order valence-corrected chi connectivity index (χ0v) is 10.9. The summed E-state index contributed by atoms with van der Waals surface area (Å²) in [5, 5.41) is 7.59. The van der Waals surface area contributed by atoms with Gasteiger partial charge in [-0.05, 0) is 24.3 Å². The van der Waals surface area contributed by atoms with Gasteiger partial charge in [-0.25, -0.2) is 5.10 Å². The highest BCUT2D eigenvalue weighted by molar-refractivity contribution is 6.34. The largest absolute Gasteiger partial charge is 0.416 e. The average Bonchev–Trinajstić information content (AvgIpc) is 2.40. The number of anilines is 1. The van der Waals surface area contributed by atoms with Crippen LogP contribution in [0.15, 0.2) is 35.1 Å². The Labute approximate surface area is 120 Å². The van der Waals surface area contributed by atoms with Crippen molar-refractivity contribution in [2.45, 2.75) is 6.18 Å². The van der Waals surface area contributed by atoms with E-state index >= 15 is 0 Å². The summed E-state index contributed by atoms with van der Waals surface area (Å²) in [6.07, 6.45) is -4.52. The quantitative estimate of drug-likeness (QED) is 0.894. The molecule has 0 atom stereocenters. The van der Waals surface area contributed by atoms with Gasteiger partial charge in [-0.15, -0.1) is 0 Å². The molecule has 5 nitrogen and oxygen atoms in total. The SMILES string of the molecule is O=C(Nc1ccc(C(F)(F)F)cc1Cl)c1ccc(=O)[nH]n1. The molecule has 0 aliphatic rings. The van der Waals surface area contributed by atoms with Crippen molar-refractivity contribution >= 4 is 23.2 Å². The van der Waals surface area contributed by atoms with Crippen LogP contribution in [0.4, 0.5) is 18.9 Å². The van der Waals surface area contributed by atoms with Crippen molar-refractivity contribution in [2.75, 3.05) is 5.32 Å². The van der Waals surface area contributed by atoms with Crippen LogP contribution in [0, 0.1) is 0 Å². The van der Waals surface area contributed by atoms with Gasteiger partial charge in [-0.1, -0.05) is 11.6 Å². The van der Waals surface area contributed by atoms with E-state index in [1.54, 1.807) is 0 Å². The van der Waals surface area contributed by atoms with Crippen molar-refractivity contribution in [3.63, 3.8) is 0 Å². The van der Waals surface area contributed by atoms with Gasteiger partial charge in [0.05, 0.1) is 16.3 Å². The minimum atomic E-state index is -4.52. The third kappa shape index (κ3) is 3.60. The Kier molecular flexibility index (Phi) is 3.99. The molecule has 9 heteroatoms. The molecule has 0 saturated carbocycles. The normalized spacial score (nSPS) is 11.2. The molecule has 0 saturated heterocycles. The molecule has 2 rings (SSSR count). The number of hydrogen-bond acceptors (Lipinski definition) is 3. The first kappa shape index (κ1) is 15.0. The first-order valence-corrected chi connectivity index (χ1v) is 5.89. The third-order valence-electron chi connectivity index (χ3n) is 2.46. The van der Waals surface area contributed by atoms with E-state index < -0.39 is 23.2 Å². The van der Waals surface area contributed by atoms with Crippen LogP contribution >= 0.6 is 11.6 Å². The predicted octanol–water partition coefficient (Wildman–Crippen LogP) is 2.69. The number of nitrogens with zero attached hydrogens (tertiary/aromatic N) is 1. The zero-order chi connectivity index (χ0) is 15.6. The number of nitrogens with one attached hydrogen (secondary N) is 2. The molecule has 21 heavy (non-hydrogen) atoms. The van der Waals surface area contributed by atoms with E-state index in [2.05, 4.69) is 15.5 Å². The van der Waals surface area contributed by atoms with Crippen LogP contribution in [0.5, 0.6) is 0 Å². The van der Waals surface area contributed by atoms with Crippen molar-refractivity contribution in [3.05, 3.63) is 57.0 Å². The van der Waals surface area contributed by atoms with Crippen molar-refractivity contribution in [1.82, 2.24) is 10.2 Å². The van der Waals surface area contributed by atoms with Gasteiger partial charge < -0.3 is 5.32 Å². The van der Waals surface area contributed by atoms with Gasteiger partial charge in [0.25, 0.3) is 11.5 Å². The number of H-pyrrole nitrogens is 1. The van der Waals surface area contributed by atoms with Crippen LogP contribution in [0.25, 0.3) is 0 Å². The fourth-order valence-corrected chi connectivity index (χ4v) is 1.68. The number of alkyl halides is 3. The van der Waals surface area contributed by atoms with E-state index in [4.69, 9.17) is 11.6 Å². The minimum absolute atomic E-state index is 0.00247. The molecule has 1 aromatic carbocycles. The van der Waals surface area contributed by atoms with Gasteiger partial charge in [-0.3, -0.25) is 9.59 Å². The Balaban J connectivity index is 2.22. The minimum Gasteiger partial charge on any atom is -0.319 e. The van der Waals surface area contributed by atoms with Crippen molar-refractivity contribution < 1.29 is 18.0 Å². The second-order valence-electron chi connectivity index (χ2n) is 3.95. The van der Waals surface area contributed by atoms with Crippen molar-refractivity contribution in [2.24, 2.45) is 0 Å². The second kappa shape index (κ2) is 5.57. The molecule has 0 aliphatic heterocycles. The lowest BCUT2D eigenvalue weighted by atomic mass is 10.2. The van der Waals surface area contributed by atoms with Gasteiger partial charge >= 0.3 is 6.18 Å². The number of carbonyl (C=O) groups excluding carboxylic acids is 1. The lowest BCUT2D eigenvalue weighted by Crippen LogP contribution is -2.17. The number of hydrogen-bond donors (Lipinski definition) is 2. The Morgan fingerprint density at radius 1 is 1.24 bits per heavy atom. The Morgan fingerprint density at radius 3 is 2.48 bits per heavy atom. The smallest absolute Gasteiger partial charge is 0.319 e. The number of aromatic nitrogens is 2. The first-order valence-electron chi connectivity index (χ1n) is 5.51. The number of carbonyl (C=O) groups is 1. The topological polar surface area (TPSA) is 74.8 Å². The molecule has 1 aromatic heterocycles. The van der Waals surface area contributed by atoms with E-state index in [0.717, 1.165) is 18.2 Å². The highest BCUT2D eigenvalue weighted by atomic mass is 35.5. The molecule has 0 aliphatic carbocycles. The summed E-state index contributed by atoms with van der Waals surface area (Å²) in [5.74, 6) is -0.715. The molecular weight excluding hydrogens is 311 g/mol. The monoisotopic (exact) mass is 317 g/mol. The first-order chi connectivity index (χ1) is 9.77. The summed E-state index contributed by atoms with van der Waals surface area (Å²) in [5.41, 5.74) is -1.51. The highest BCUT2D eigenvalue weighted by Crippen LogP contribution is 2.33. The molecule has 110 valence electrons. The molecule has 0 unspecified atom stereocenters. The van der Waals surface area contributed by atoms with Crippen LogP contribution in [-0.4, -0.2) is 16.1 Å². The van der Waals surface area contributed by atoms with Gasteiger partial charge in [0.15, 0.2) is 0 Å². The van der Waals surface area contributed by atoms with Crippen LogP contribution < -0.4 is 10.9 Å². The van der Waals surface area contributed by atoms with E-state index in [1.807, 2.05) is 0 Å². The fraction of sp³-hybridized carbons (Fsp3) is 0.0833. The summed E-state index contributed by atoms with van der Waals surface area (Å²) < 4.78 is 37.4. The van der Waals surface area contributed by atoms with E-state index in [1.165, 1.54) is 6.07 Å². The molecule has 0 fully saturated rings. The number of rotatable bonds is 2. The Morgan fingerprint density at radius 2 is 1.95 bits per heavy atom. The maximum absolute atomic E-state index is 12.5. The summed E-state index contributed by atoms with van der Waals surface area (Å²) in [4.78, 5) is 22.6. The molecule has 0 spiro atoms.